The Kier molecular flexibility index (Phi) is 7.18. The van der Waals surface area contributed by atoms with Crippen LogP contribution < -0.4 is 5.32 Å². The van der Waals surface area contributed by atoms with Crippen LogP contribution >= 0.6 is 0 Å². The second-order valence-corrected chi connectivity index (χ2v) is 8.62. The molecule has 0 radical (unpaired) electrons. The van der Waals surface area contributed by atoms with E-state index in [2.05, 4.69) is 30.8 Å². The van der Waals surface area contributed by atoms with Crippen LogP contribution in [0.3, 0.4) is 0 Å². The van der Waals surface area contributed by atoms with E-state index >= 15 is 0 Å². The summed E-state index contributed by atoms with van der Waals surface area (Å²) in [5, 5.41) is 20.0. The molecule has 1 N–H and O–H groups in total. The minimum absolute atomic E-state index is 0.249. The van der Waals surface area contributed by atoms with E-state index in [9.17, 15) is 9.59 Å². The molecule has 0 aliphatic carbocycles. The summed E-state index contributed by atoms with van der Waals surface area (Å²) in [4.78, 5) is 30.3. The number of pyridine rings is 1. The van der Waals surface area contributed by atoms with Crippen LogP contribution in [0.1, 0.15) is 49.3 Å². The average Bonchev–Trinajstić information content (AvgIpc) is 3.50. The van der Waals surface area contributed by atoms with Gasteiger partial charge >= 0.3 is 5.97 Å². The van der Waals surface area contributed by atoms with Gasteiger partial charge in [-0.3, -0.25) is 14.3 Å². The number of carbonyl (C=O) groups is 2. The summed E-state index contributed by atoms with van der Waals surface area (Å²) in [6.45, 7) is 7.30. The number of carbonyl (C=O) groups excluding carboxylic acids is 2. The number of esters is 1. The van der Waals surface area contributed by atoms with Gasteiger partial charge in [0.1, 0.15) is 11.5 Å². The summed E-state index contributed by atoms with van der Waals surface area (Å²) < 4.78 is 7.16. The molecule has 0 aliphatic rings. The number of anilines is 1. The van der Waals surface area contributed by atoms with Crippen molar-refractivity contribution in [3.8, 4) is 22.6 Å². The first-order chi connectivity index (χ1) is 17.3. The Hall–Kier alpha value is -4.41. The highest BCUT2D eigenvalue weighted by molar-refractivity contribution is 6.04. The van der Waals surface area contributed by atoms with Crippen molar-refractivity contribution in [1.82, 2.24) is 35.0 Å². The fourth-order valence-electron chi connectivity index (χ4n) is 3.52. The quantitative estimate of drug-likeness (QED) is 0.371. The third-order valence-corrected chi connectivity index (χ3v) is 5.61. The molecule has 1 aromatic carbocycles. The Balaban J connectivity index is 1.57. The molecule has 11 nitrogen and oxygen atoms in total. The fourth-order valence-corrected chi connectivity index (χ4v) is 3.52. The predicted octanol–water partition coefficient (Wildman–Crippen LogP) is 3.80. The number of rotatable bonds is 8. The fraction of sp³-hybridized carbons (Fsp3) is 0.320. The number of aromatic nitrogens is 7. The van der Waals surface area contributed by atoms with Gasteiger partial charge in [-0.05, 0) is 41.5 Å². The maximum Gasteiger partial charge on any atom is 0.310 e. The topological polar surface area (TPSA) is 130 Å². The zero-order valence-electron chi connectivity index (χ0n) is 20.8. The molecule has 0 spiro atoms. The summed E-state index contributed by atoms with van der Waals surface area (Å²) in [7, 11) is 1.78. The van der Waals surface area contributed by atoms with Crippen molar-refractivity contribution >= 4 is 17.7 Å². The number of nitrogens with one attached hydrogen (secondary N) is 1. The smallest absolute Gasteiger partial charge is 0.310 e. The van der Waals surface area contributed by atoms with Gasteiger partial charge in [0, 0.05) is 30.8 Å². The molecule has 3 aromatic heterocycles. The zero-order valence-corrected chi connectivity index (χ0v) is 20.8. The SMILES string of the molecule is CCC(OC(=O)C(C)C)n1nnc(-c2c(-c3ccc(C(=O)Nc4ncccc4C)cc3)cnn2C)n1. The molecular weight excluding hydrogens is 460 g/mol. The van der Waals surface area contributed by atoms with E-state index in [0.29, 0.717) is 29.3 Å². The van der Waals surface area contributed by atoms with Crippen LogP contribution in [0.15, 0.2) is 48.8 Å². The van der Waals surface area contributed by atoms with Gasteiger partial charge in [0.05, 0.1) is 12.1 Å². The Bertz CT molecular complexity index is 1370. The summed E-state index contributed by atoms with van der Waals surface area (Å²) in [6, 6.07) is 10.9. The minimum Gasteiger partial charge on any atom is -0.438 e. The van der Waals surface area contributed by atoms with E-state index in [4.69, 9.17) is 4.74 Å². The van der Waals surface area contributed by atoms with Crippen LogP contribution in [-0.2, 0) is 16.6 Å². The molecule has 36 heavy (non-hydrogen) atoms. The summed E-state index contributed by atoms with van der Waals surface area (Å²) in [6.07, 6.45) is 3.18. The van der Waals surface area contributed by atoms with Gasteiger partial charge in [-0.25, -0.2) is 4.98 Å². The standard InChI is InChI=1S/C25H28N8O3/c1-6-20(36-25(35)15(2)3)33-30-23(29-31-33)21-19(14-27-32(21)5)17-9-11-18(12-10-17)24(34)28-22-16(4)8-7-13-26-22/h7-15,20H,6H2,1-5H3,(H,26,28,34). The van der Waals surface area contributed by atoms with E-state index in [1.165, 1.54) is 4.80 Å². The van der Waals surface area contributed by atoms with Crippen LogP contribution in [-0.4, -0.2) is 46.8 Å². The highest BCUT2D eigenvalue weighted by Gasteiger charge is 2.23. The lowest BCUT2D eigenvalue weighted by atomic mass is 10.0. The van der Waals surface area contributed by atoms with Crippen molar-refractivity contribution in [3.63, 3.8) is 0 Å². The number of hydrogen-bond acceptors (Lipinski definition) is 8. The first-order valence-electron chi connectivity index (χ1n) is 11.6. The Morgan fingerprint density at radius 3 is 2.56 bits per heavy atom. The second-order valence-electron chi connectivity index (χ2n) is 8.62. The number of ether oxygens (including phenoxy) is 1. The lowest BCUT2D eigenvalue weighted by Crippen LogP contribution is -2.22. The molecular formula is C25H28N8O3. The lowest BCUT2D eigenvalue weighted by molar-refractivity contribution is -0.159. The van der Waals surface area contributed by atoms with Gasteiger partial charge in [-0.2, -0.15) is 5.10 Å². The van der Waals surface area contributed by atoms with Crippen LogP contribution in [0.25, 0.3) is 22.6 Å². The first-order valence-corrected chi connectivity index (χ1v) is 11.6. The van der Waals surface area contributed by atoms with Gasteiger partial charge < -0.3 is 10.1 Å². The monoisotopic (exact) mass is 488 g/mol. The van der Waals surface area contributed by atoms with Crippen molar-refractivity contribution < 1.29 is 14.3 Å². The highest BCUT2D eigenvalue weighted by atomic mass is 16.6. The van der Waals surface area contributed by atoms with Crippen molar-refractivity contribution in [2.75, 3.05) is 5.32 Å². The molecule has 11 heteroatoms. The molecule has 0 saturated heterocycles. The Morgan fingerprint density at radius 2 is 1.89 bits per heavy atom. The first kappa shape index (κ1) is 24.7. The maximum absolute atomic E-state index is 12.7. The van der Waals surface area contributed by atoms with Crippen molar-refractivity contribution in [2.45, 2.75) is 40.3 Å². The van der Waals surface area contributed by atoms with Crippen molar-refractivity contribution in [1.29, 1.82) is 0 Å². The van der Waals surface area contributed by atoms with Crippen molar-refractivity contribution in [3.05, 3.63) is 59.9 Å². The highest BCUT2D eigenvalue weighted by Crippen LogP contribution is 2.30. The maximum atomic E-state index is 12.7. The van der Waals surface area contributed by atoms with Crippen LogP contribution in [0, 0.1) is 12.8 Å². The zero-order chi connectivity index (χ0) is 25.8. The molecule has 1 unspecified atom stereocenters. The number of tetrazole rings is 1. The molecule has 1 amide bonds. The molecule has 4 rings (SSSR count). The van der Waals surface area contributed by atoms with E-state index in [0.717, 1.165) is 16.7 Å². The second kappa shape index (κ2) is 10.5. The van der Waals surface area contributed by atoms with E-state index in [1.54, 1.807) is 50.1 Å². The summed E-state index contributed by atoms with van der Waals surface area (Å²) >= 11 is 0. The molecule has 0 aliphatic heterocycles. The van der Waals surface area contributed by atoms with Crippen molar-refractivity contribution in [2.24, 2.45) is 13.0 Å². The van der Waals surface area contributed by atoms with Gasteiger partial charge in [-0.15, -0.1) is 15.0 Å². The minimum atomic E-state index is -0.654. The summed E-state index contributed by atoms with van der Waals surface area (Å²) in [5.41, 5.74) is 3.63. The number of amides is 1. The van der Waals surface area contributed by atoms with Gasteiger partial charge in [0.15, 0.2) is 0 Å². The number of aryl methyl sites for hydroxylation is 2. The Labute approximate surface area is 208 Å². The molecule has 0 saturated carbocycles. The molecule has 3 heterocycles. The lowest BCUT2D eigenvalue weighted by Gasteiger charge is -2.15. The average molecular weight is 489 g/mol. The summed E-state index contributed by atoms with van der Waals surface area (Å²) in [5.74, 6) is 0.0326. The normalized spacial score (nSPS) is 11.9. The van der Waals surface area contributed by atoms with Crippen LogP contribution in [0.2, 0.25) is 0 Å². The number of benzene rings is 1. The van der Waals surface area contributed by atoms with Crippen LogP contribution in [0.5, 0.6) is 0 Å². The van der Waals surface area contributed by atoms with Gasteiger partial charge in [-0.1, -0.05) is 39.0 Å². The van der Waals surface area contributed by atoms with Gasteiger partial charge in [0.2, 0.25) is 12.1 Å². The largest absolute Gasteiger partial charge is 0.438 e. The predicted molar refractivity (Wildman–Crippen MR) is 133 cm³/mol. The van der Waals surface area contributed by atoms with E-state index in [-0.39, 0.29) is 17.8 Å². The third kappa shape index (κ3) is 5.14. The third-order valence-electron chi connectivity index (χ3n) is 5.61. The molecule has 0 bridgehead atoms. The Morgan fingerprint density at radius 1 is 1.14 bits per heavy atom. The van der Waals surface area contributed by atoms with Gasteiger partial charge in [0.25, 0.3) is 5.91 Å². The van der Waals surface area contributed by atoms with E-state index < -0.39 is 6.23 Å². The van der Waals surface area contributed by atoms with E-state index in [1.807, 2.05) is 38.1 Å². The number of nitrogens with zero attached hydrogens (tertiary/aromatic N) is 7. The molecule has 186 valence electrons. The molecule has 1 atom stereocenters. The molecule has 4 aromatic rings. The number of hydrogen-bond donors (Lipinski definition) is 1. The molecule has 0 fully saturated rings. The van der Waals surface area contributed by atoms with Crippen LogP contribution in [0.4, 0.5) is 5.82 Å².